The van der Waals surface area contributed by atoms with Crippen LogP contribution in [0.3, 0.4) is 0 Å². The zero-order chi connectivity index (χ0) is 13.0. The highest BCUT2D eigenvalue weighted by Crippen LogP contribution is 2.08. The van der Waals surface area contributed by atoms with Gasteiger partial charge in [-0.05, 0) is 18.1 Å². The van der Waals surface area contributed by atoms with Crippen molar-refractivity contribution in [2.24, 2.45) is 10.3 Å². The number of nitrogens with zero attached hydrogens (tertiary/aromatic N) is 3. The van der Waals surface area contributed by atoms with Crippen LogP contribution in [-0.2, 0) is 4.74 Å². The van der Waals surface area contributed by atoms with Crippen molar-refractivity contribution < 1.29 is 9.22 Å². The van der Waals surface area contributed by atoms with Crippen molar-refractivity contribution in [2.45, 2.75) is 45.4 Å². The fourth-order valence-electron chi connectivity index (χ4n) is 1.68. The van der Waals surface area contributed by atoms with E-state index in [2.05, 4.69) is 31.3 Å². The molecule has 0 radical (unpaired) electrons. The Balaban J connectivity index is 3.49. The summed E-state index contributed by atoms with van der Waals surface area (Å²) in [5.74, 6) is 0. The number of nitrogens with one attached hydrogen (secondary N) is 1. The molecule has 0 saturated heterocycles. The molecule has 0 aliphatic rings. The molecule has 0 fully saturated rings. The first-order chi connectivity index (χ1) is 8.12. The highest BCUT2D eigenvalue weighted by atomic mass is 16.5. The van der Waals surface area contributed by atoms with Crippen LogP contribution in [0.5, 0.6) is 0 Å². The lowest BCUT2D eigenvalue weighted by atomic mass is 10.1. The normalized spacial score (nSPS) is 11.9. The molecule has 100 valence electrons. The van der Waals surface area contributed by atoms with E-state index in [-0.39, 0.29) is 0 Å². The molecular weight excluding hydrogens is 216 g/mol. The molecule has 0 bridgehead atoms. The monoisotopic (exact) mass is 243 g/mol. The smallest absolute Gasteiger partial charge is 0.224 e. The van der Waals surface area contributed by atoms with Crippen LogP contribution in [0.15, 0.2) is 10.3 Å². The lowest BCUT2D eigenvalue weighted by Crippen LogP contribution is -2.42. The predicted octanol–water partition coefficient (Wildman–Crippen LogP) is 3.37. The van der Waals surface area contributed by atoms with Crippen LogP contribution >= 0.6 is 0 Å². The van der Waals surface area contributed by atoms with Crippen LogP contribution in [0.1, 0.15) is 45.4 Å². The van der Waals surface area contributed by atoms with Gasteiger partial charge in [-0.15, -0.1) is 5.10 Å². The number of ether oxygens (including phenoxy) is 1. The van der Waals surface area contributed by atoms with E-state index in [1.54, 1.807) is 0 Å². The Morgan fingerprint density at radius 1 is 1.12 bits per heavy atom. The first-order valence-electron chi connectivity index (χ1n) is 6.44. The molecule has 0 aliphatic heterocycles. The maximum Gasteiger partial charge on any atom is 0.224 e. The van der Waals surface area contributed by atoms with Crippen LogP contribution in [-0.4, -0.2) is 38.3 Å². The van der Waals surface area contributed by atoms with Gasteiger partial charge >= 0.3 is 0 Å². The van der Waals surface area contributed by atoms with Crippen LogP contribution in [0.2, 0.25) is 0 Å². The number of unbranched alkanes of at least 4 members (excludes halogenated alkanes) is 5. The van der Waals surface area contributed by atoms with Crippen LogP contribution < -0.4 is 0 Å². The summed E-state index contributed by atoms with van der Waals surface area (Å²) in [4.78, 5) is 0. The molecule has 0 unspecified atom stereocenters. The van der Waals surface area contributed by atoms with E-state index in [1.807, 2.05) is 0 Å². The summed E-state index contributed by atoms with van der Waals surface area (Å²) in [5.41, 5.74) is 6.47. The van der Waals surface area contributed by atoms with Crippen molar-refractivity contribution >= 4 is 6.40 Å². The van der Waals surface area contributed by atoms with E-state index in [1.165, 1.54) is 44.9 Å². The van der Waals surface area contributed by atoms with Gasteiger partial charge in [-0.2, -0.15) is 5.53 Å². The fraction of sp³-hybridized carbons (Fsp3) is 0.917. The Labute approximate surface area is 105 Å². The predicted molar refractivity (Wildman–Crippen MR) is 69.9 cm³/mol. The highest BCUT2D eigenvalue weighted by Gasteiger charge is 2.13. The molecule has 17 heavy (non-hydrogen) atoms. The molecule has 0 aromatic rings. The van der Waals surface area contributed by atoms with Gasteiger partial charge in [0.2, 0.25) is 13.1 Å². The molecule has 5 heteroatoms. The average molecular weight is 243 g/mol. The van der Waals surface area contributed by atoms with Crippen LogP contribution in [0, 0.1) is 5.53 Å². The molecule has 0 spiro atoms. The number of quaternary nitrogens is 1. The minimum Gasteiger partial charge on any atom is -0.433 e. The van der Waals surface area contributed by atoms with Crippen LogP contribution in [0.4, 0.5) is 0 Å². The largest absolute Gasteiger partial charge is 0.433 e. The standard InChI is InChI=1S/C12H27N4O/c1-4-5-6-7-8-9-10-16(2,3)12-17-11-14-15-13/h11,13H,4-10,12H2,1-3H3/q+1. The second kappa shape index (κ2) is 10.2. The molecule has 5 nitrogen and oxygen atoms in total. The van der Waals surface area contributed by atoms with Gasteiger partial charge in [0.15, 0.2) is 0 Å². The van der Waals surface area contributed by atoms with Gasteiger partial charge in [-0.3, -0.25) is 4.48 Å². The van der Waals surface area contributed by atoms with Gasteiger partial charge in [0, 0.05) is 0 Å². The lowest BCUT2D eigenvalue weighted by molar-refractivity contribution is -0.906. The van der Waals surface area contributed by atoms with Crippen LogP contribution in [0.25, 0.3) is 0 Å². The van der Waals surface area contributed by atoms with E-state index in [0.717, 1.165) is 11.0 Å². The summed E-state index contributed by atoms with van der Waals surface area (Å²) < 4.78 is 6.02. The van der Waals surface area contributed by atoms with Crippen molar-refractivity contribution in [1.29, 1.82) is 5.53 Å². The second-order valence-electron chi connectivity index (χ2n) is 5.04. The number of hydrogen-bond acceptors (Lipinski definition) is 3. The van der Waals surface area contributed by atoms with E-state index >= 15 is 0 Å². The minimum atomic E-state index is 0.577. The summed E-state index contributed by atoms with van der Waals surface area (Å²) in [6, 6.07) is 0. The molecule has 0 amide bonds. The molecule has 0 aromatic heterocycles. The third-order valence-corrected chi connectivity index (χ3v) is 2.72. The zero-order valence-electron chi connectivity index (χ0n) is 11.5. The third-order valence-electron chi connectivity index (χ3n) is 2.72. The Kier molecular flexibility index (Phi) is 9.62. The summed E-state index contributed by atoms with van der Waals surface area (Å²) in [5, 5.41) is 6.19. The number of hydrogen-bond donors (Lipinski definition) is 1. The second-order valence-corrected chi connectivity index (χ2v) is 5.04. The molecule has 0 aliphatic carbocycles. The topological polar surface area (TPSA) is 57.8 Å². The first kappa shape index (κ1) is 16.0. The van der Waals surface area contributed by atoms with Crippen molar-refractivity contribution in [3.8, 4) is 0 Å². The minimum absolute atomic E-state index is 0.577. The molecular formula is C12H27N4O+. The van der Waals surface area contributed by atoms with E-state index in [9.17, 15) is 0 Å². The Bertz CT molecular complexity index is 217. The first-order valence-corrected chi connectivity index (χ1v) is 6.44. The van der Waals surface area contributed by atoms with Crippen molar-refractivity contribution in [3.05, 3.63) is 0 Å². The maximum absolute atomic E-state index is 6.47. The summed E-state index contributed by atoms with van der Waals surface area (Å²) >= 11 is 0. The lowest BCUT2D eigenvalue weighted by Gasteiger charge is -2.28. The molecule has 0 rings (SSSR count). The molecule has 0 aromatic carbocycles. The van der Waals surface area contributed by atoms with Gasteiger partial charge in [0.1, 0.15) is 0 Å². The van der Waals surface area contributed by atoms with Gasteiger partial charge in [-0.1, -0.05) is 32.6 Å². The van der Waals surface area contributed by atoms with E-state index in [4.69, 9.17) is 10.3 Å². The summed E-state index contributed by atoms with van der Waals surface area (Å²) in [6.45, 7) is 3.92. The Morgan fingerprint density at radius 3 is 2.41 bits per heavy atom. The summed E-state index contributed by atoms with van der Waals surface area (Å²) in [6.07, 6.45) is 9.13. The quantitative estimate of drug-likeness (QED) is 0.113. The molecule has 0 heterocycles. The van der Waals surface area contributed by atoms with Gasteiger partial charge in [0.05, 0.1) is 20.6 Å². The van der Waals surface area contributed by atoms with Crippen molar-refractivity contribution in [3.63, 3.8) is 0 Å². The Hall–Kier alpha value is -0.970. The molecule has 0 atom stereocenters. The molecule has 0 saturated carbocycles. The fourth-order valence-corrected chi connectivity index (χ4v) is 1.68. The van der Waals surface area contributed by atoms with Gasteiger partial charge in [0.25, 0.3) is 0 Å². The zero-order valence-corrected chi connectivity index (χ0v) is 11.5. The van der Waals surface area contributed by atoms with E-state index < -0.39 is 0 Å². The molecule has 1 N–H and O–H groups in total. The van der Waals surface area contributed by atoms with Gasteiger partial charge < -0.3 is 4.74 Å². The highest BCUT2D eigenvalue weighted by molar-refractivity contribution is 5.45. The average Bonchev–Trinajstić information content (AvgIpc) is 2.29. The van der Waals surface area contributed by atoms with Crippen molar-refractivity contribution in [1.82, 2.24) is 0 Å². The maximum atomic E-state index is 6.47. The van der Waals surface area contributed by atoms with Crippen molar-refractivity contribution in [2.75, 3.05) is 27.4 Å². The Morgan fingerprint density at radius 2 is 1.76 bits per heavy atom. The summed E-state index contributed by atoms with van der Waals surface area (Å²) in [7, 11) is 4.27. The third kappa shape index (κ3) is 11.3. The van der Waals surface area contributed by atoms with E-state index in [0.29, 0.717) is 6.73 Å². The number of rotatable bonds is 11. The SMILES string of the molecule is CCCCCCCC[N+](C)(C)COC=NN=N. The van der Waals surface area contributed by atoms with Gasteiger partial charge in [-0.25, -0.2) is 0 Å².